The minimum absolute atomic E-state index is 0.207. The van der Waals surface area contributed by atoms with Crippen molar-refractivity contribution in [1.82, 2.24) is 9.55 Å². The Morgan fingerprint density at radius 2 is 0.983 bits per heavy atom. The lowest BCUT2D eigenvalue weighted by molar-refractivity contribution is 0.477. The molecule has 3 aromatic heterocycles. The largest absolute Gasteiger partial charge is 0.507 e. The van der Waals surface area contributed by atoms with Crippen molar-refractivity contribution in [3.8, 4) is 66.1 Å². The third kappa shape index (κ3) is 4.60. The van der Waals surface area contributed by atoms with E-state index in [0.717, 1.165) is 39.2 Å². The van der Waals surface area contributed by atoms with Crippen LogP contribution in [0.5, 0.6) is 5.75 Å². The van der Waals surface area contributed by atoms with E-state index in [1.807, 2.05) is 46.9 Å². The summed E-state index contributed by atoms with van der Waals surface area (Å²) in [5, 5.41) is 16.4. The Morgan fingerprint density at radius 1 is 0.441 bits per heavy atom. The molecule has 0 saturated carbocycles. The van der Waals surface area contributed by atoms with Gasteiger partial charge in [-0.15, -0.1) is 22.7 Å². The maximum atomic E-state index is 11.9. The molecule has 3 heterocycles. The molecule has 59 heavy (non-hydrogen) atoms. The van der Waals surface area contributed by atoms with Gasteiger partial charge in [0.1, 0.15) is 11.6 Å². The Bertz CT molecular complexity index is 3340. The number of thiophene rings is 2. The van der Waals surface area contributed by atoms with Crippen LogP contribution in [-0.2, 0) is 5.41 Å². The number of phenolic OH excluding ortho intramolecular Hbond substituents is 1. The Kier molecular flexibility index (Phi) is 6.84. The number of para-hydroxylation sites is 1. The molecule has 0 fully saturated rings. The highest BCUT2D eigenvalue weighted by Gasteiger charge is 2.55. The molecule has 11 aromatic rings. The minimum atomic E-state index is -0.733. The Hall–Kier alpha value is -7.05. The molecule has 0 amide bonds. The summed E-state index contributed by atoms with van der Waals surface area (Å²) in [6, 6.07) is 67.8. The van der Waals surface area contributed by atoms with Gasteiger partial charge in [-0.05, 0) is 121 Å². The Balaban J connectivity index is 1.16. The third-order valence-corrected chi connectivity index (χ3v) is 14.8. The summed E-state index contributed by atoms with van der Waals surface area (Å²) in [6.07, 6.45) is 0. The second kappa shape index (κ2) is 12.2. The van der Waals surface area contributed by atoms with Gasteiger partial charge < -0.3 is 5.11 Å². The third-order valence-electron chi connectivity index (χ3n) is 12.5. The summed E-state index contributed by atoms with van der Waals surface area (Å²) in [7, 11) is 0. The molecule has 5 heteroatoms. The van der Waals surface area contributed by atoms with Crippen molar-refractivity contribution < 1.29 is 5.11 Å². The first-order chi connectivity index (χ1) is 29.1. The fourth-order valence-corrected chi connectivity index (χ4v) is 12.1. The maximum absolute atomic E-state index is 11.9. The first-order valence-electron chi connectivity index (χ1n) is 19.9. The quantitative estimate of drug-likeness (QED) is 0.193. The molecule has 0 saturated heterocycles. The normalized spacial score (nSPS) is 13.3. The van der Waals surface area contributed by atoms with Crippen molar-refractivity contribution in [3.05, 3.63) is 210 Å². The number of imidazole rings is 1. The summed E-state index contributed by atoms with van der Waals surface area (Å²) in [5.74, 6) is 0.924. The van der Waals surface area contributed by atoms with Crippen LogP contribution in [0.25, 0.3) is 91.3 Å². The van der Waals surface area contributed by atoms with E-state index in [9.17, 15) is 5.11 Å². The SMILES string of the molecule is Oc1cc2ccccc2cc1-c1nc2c(n1-c1ccccc1)C1(c3cc(-c4cc5ccccc5s4)ccc3-c3ccc(-c4cc5ccccc5s4)cc31)c1ccccc1-2. The highest BCUT2D eigenvalue weighted by Crippen LogP contribution is 2.64. The highest BCUT2D eigenvalue weighted by molar-refractivity contribution is 7.22. The van der Waals surface area contributed by atoms with Crippen LogP contribution in [0, 0.1) is 0 Å². The van der Waals surface area contributed by atoms with E-state index in [2.05, 4.69) is 168 Å². The van der Waals surface area contributed by atoms with Crippen molar-refractivity contribution in [2.45, 2.75) is 5.41 Å². The predicted molar refractivity (Wildman–Crippen MR) is 246 cm³/mol. The maximum Gasteiger partial charge on any atom is 0.149 e. The second-order valence-electron chi connectivity index (χ2n) is 15.6. The number of rotatable bonds is 4. The molecule has 276 valence electrons. The van der Waals surface area contributed by atoms with Crippen LogP contribution in [0.15, 0.2) is 188 Å². The number of hydrogen-bond donors (Lipinski definition) is 1. The molecule has 8 aromatic carbocycles. The molecule has 0 aliphatic heterocycles. The van der Waals surface area contributed by atoms with Crippen molar-refractivity contribution in [1.29, 1.82) is 0 Å². The van der Waals surface area contributed by atoms with E-state index >= 15 is 0 Å². The zero-order valence-corrected chi connectivity index (χ0v) is 33.2. The molecule has 0 bridgehead atoms. The first kappa shape index (κ1) is 33.0. The minimum Gasteiger partial charge on any atom is -0.507 e. The van der Waals surface area contributed by atoms with Crippen molar-refractivity contribution in [2.75, 3.05) is 0 Å². The Morgan fingerprint density at radius 3 is 1.61 bits per heavy atom. The fourth-order valence-electron chi connectivity index (χ4n) is 9.94. The lowest BCUT2D eigenvalue weighted by atomic mass is 9.72. The number of fused-ring (bicyclic) bond motifs is 13. The zero-order valence-electron chi connectivity index (χ0n) is 31.6. The van der Waals surface area contributed by atoms with E-state index < -0.39 is 5.41 Å². The van der Waals surface area contributed by atoms with E-state index in [1.54, 1.807) is 0 Å². The topological polar surface area (TPSA) is 38.1 Å². The average molecular weight is 789 g/mol. The number of benzene rings is 8. The van der Waals surface area contributed by atoms with Crippen LogP contribution in [0.4, 0.5) is 0 Å². The predicted octanol–water partition coefficient (Wildman–Crippen LogP) is 14.5. The molecule has 2 aliphatic carbocycles. The molecule has 0 radical (unpaired) electrons. The van der Waals surface area contributed by atoms with Gasteiger partial charge in [-0.25, -0.2) is 4.98 Å². The molecule has 1 spiro atoms. The number of hydrogen-bond acceptors (Lipinski definition) is 4. The molecule has 0 unspecified atom stereocenters. The summed E-state index contributed by atoms with van der Waals surface area (Å²) in [5.41, 5.74) is 12.7. The van der Waals surface area contributed by atoms with E-state index in [1.165, 1.54) is 68.9 Å². The van der Waals surface area contributed by atoms with Crippen molar-refractivity contribution >= 4 is 53.6 Å². The molecule has 0 atom stereocenters. The van der Waals surface area contributed by atoms with Crippen LogP contribution in [0.2, 0.25) is 0 Å². The summed E-state index contributed by atoms with van der Waals surface area (Å²) in [4.78, 5) is 8.13. The van der Waals surface area contributed by atoms with E-state index in [0.29, 0.717) is 5.56 Å². The highest BCUT2D eigenvalue weighted by atomic mass is 32.1. The van der Waals surface area contributed by atoms with Crippen LogP contribution >= 0.6 is 22.7 Å². The van der Waals surface area contributed by atoms with Crippen LogP contribution < -0.4 is 0 Å². The van der Waals surface area contributed by atoms with Gasteiger partial charge in [0, 0.05) is 30.4 Å². The van der Waals surface area contributed by atoms with Crippen LogP contribution in [-0.4, -0.2) is 14.7 Å². The van der Waals surface area contributed by atoms with Gasteiger partial charge >= 0.3 is 0 Å². The standard InChI is InChI=1S/C54H32N2OS2/c57-46-29-33-13-5-4-12-32(33)26-42(46)53-55-51-41-18-8-9-19-43(41)54(52(51)56(53)38-16-2-1-3-17-38)44-27-36(49-30-34-14-6-10-20-47(34)58-49)22-24-39(44)40-25-23-37(28-45(40)54)50-31-35-15-7-11-21-48(35)59-50/h1-31,57H. The molecule has 1 N–H and O–H groups in total. The molecule has 3 nitrogen and oxygen atoms in total. The number of aromatic nitrogens is 2. The van der Waals surface area contributed by atoms with Gasteiger partial charge in [0.25, 0.3) is 0 Å². The lowest BCUT2D eigenvalue weighted by Gasteiger charge is -2.32. The van der Waals surface area contributed by atoms with Gasteiger partial charge in [-0.2, -0.15) is 0 Å². The van der Waals surface area contributed by atoms with Gasteiger partial charge in [0.15, 0.2) is 0 Å². The summed E-state index contributed by atoms with van der Waals surface area (Å²) < 4.78 is 4.91. The number of phenols is 1. The monoisotopic (exact) mass is 788 g/mol. The van der Waals surface area contributed by atoms with Crippen molar-refractivity contribution in [2.24, 2.45) is 0 Å². The Labute approximate surface area is 348 Å². The van der Waals surface area contributed by atoms with Gasteiger partial charge in [0.05, 0.1) is 22.4 Å². The molecule has 13 rings (SSSR count). The molecular formula is C54H32N2OS2. The lowest BCUT2D eigenvalue weighted by Crippen LogP contribution is -2.29. The van der Waals surface area contributed by atoms with E-state index in [4.69, 9.17) is 4.98 Å². The summed E-state index contributed by atoms with van der Waals surface area (Å²) >= 11 is 3.69. The molecule has 2 aliphatic rings. The van der Waals surface area contributed by atoms with Gasteiger partial charge in [-0.1, -0.05) is 127 Å². The van der Waals surface area contributed by atoms with Gasteiger partial charge in [0.2, 0.25) is 0 Å². The smallest absolute Gasteiger partial charge is 0.149 e. The fraction of sp³-hybridized carbons (Fsp3) is 0.0185. The van der Waals surface area contributed by atoms with Crippen LogP contribution in [0.1, 0.15) is 22.4 Å². The average Bonchev–Trinajstić information content (AvgIpc) is 4.10. The second-order valence-corrected chi connectivity index (χ2v) is 17.8. The number of nitrogens with zero attached hydrogens (tertiary/aromatic N) is 2. The first-order valence-corrected chi connectivity index (χ1v) is 21.5. The number of aromatic hydroxyl groups is 1. The zero-order chi connectivity index (χ0) is 38.8. The van der Waals surface area contributed by atoms with Gasteiger partial charge in [-0.3, -0.25) is 4.57 Å². The van der Waals surface area contributed by atoms with Crippen molar-refractivity contribution in [3.63, 3.8) is 0 Å². The van der Waals surface area contributed by atoms with E-state index in [-0.39, 0.29) is 5.75 Å². The molecular weight excluding hydrogens is 757 g/mol. The van der Waals surface area contributed by atoms with Crippen LogP contribution in [0.3, 0.4) is 0 Å². The summed E-state index contributed by atoms with van der Waals surface area (Å²) in [6.45, 7) is 0.